The molecule has 3 aliphatic carbocycles. The molecule has 4 nitrogen and oxygen atoms in total. The lowest BCUT2D eigenvalue weighted by atomic mass is 9.48. The van der Waals surface area contributed by atoms with E-state index in [1.165, 1.54) is 4.90 Å². The predicted octanol–water partition coefficient (Wildman–Crippen LogP) is 3.74. The second-order valence-corrected chi connectivity index (χ2v) is 8.44. The van der Waals surface area contributed by atoms with E-state index in [1.54, 1.807) is 6.07 Å². The smallest absolute Gasteiger partial charge is 0.239 e. The minimum atomic E-state index is -1.14. The molecule has 2 unspecified atom stereocenters. The summed E-state index contributed by atoms with van der Waals surface area (Å²) in [4.78, 5) is 41.8. The number of para-hydroxylation sites is 1. The summed E-state index contributed by atoms with van der Waals surface area (Å²) in [6.07, 6.45) is 0.907. The monoisotopic (exact) mass is 393 g/mol. The van der Waals surface area contributed by atoms with Crippen molar-refractivity contribution in [1.29, 1.82) is 0 Å². The zero-order valence-corrected chi connectivity index (χ0v) is 16.4. The number of imide groups is 1. The van der Waals surface area contributed by atoms with Gasteiger partial charge in [0.15, 0.2) is 0 Å². The highest BCUT2D eigenvalue weighted by molar-refractivity contribution is 6.25. The van der Waals surface area contributed by atoms with E-state index >= 15 is 0 Å². The van der Waals surface area contributed by atoms with Gasteiger partial charge in [0.1, 0.15) is 6.29 Å². The number of hydrogen-bond donors (Lipinski definition) is 0. The molecule has 1 saturated heterocycles. The highest BCUT2D eigenvalue weighted by Crippen LogP contribution is 2.63. The Bertz CT molecular complexity index is 1210. The lowest BCUT2D eigenvalue weighted by molar-refractivity contribution is -0.128. The Morgan fingerprint density at radius 2 is 1.37 bits per heavy atom. The number of benzene rings is 3. The molecule has 7 rings (SSSR count). The number of amides is 2. The third-order valence-corrected chi connectivity index (χ3v) is 7.23. The molecule has 1 aliphatic heterocycles. The van der Waals surface area contributed by atoms with Crippen LogP contribution in [0.2, 0.25) is 0 Å². The van der Waals surface area contributed by atoms with Gasteiger partial charge in [-0.2, -0.15) is 0 Å². The largest absolute Gasteiger partial charge is 0.302 e. The van der Waals surface area contributed by atoms with E-state index in [-0.39, 0.29) is 17.7 Å². The summed E-state index contributed by atoms with van der Waals surface area (Å²) in [5.74, 6) is -2.02. The van der Waals surface area contributed by atoms with Crippen LogP contribution < -0.4 is 4.90 Å². The molecule has 1 fully saturated rings. The van der Waals surface area contributed by atoms with Gasteiger partial charge in [-0.1, -0.05) is 66.7 Å². The summed E-state index contributed by atoms with van der Waals surface area (Å²) in [5, 5.41) is 0. The first-order valence-electron chi connectivity index (χ1n) is 10.2. The highest BCUT2D eigenvalue weighted by Gasteiger charge is 2.68. The molecular formula is C26H19NO3. The topological polar surface area (TPSA) is 54.5 Å². The maximum atomic E-state index is 13.8. The number of rotatable bonds is 2. The quantitative estimate of drug-likeness (QED) is 0.492. The van der Waals surface area contributed by atoms with Gasteiger partial charge in [0, 0.05) is 5.92 Å². The number of hydrogen-bond acceptors (Lipinski definition) is 3. The molecule has 0 N–H and O–H groups in total. The normalized spacial score (nSPS) is 28.2. The average molecular weight is 393 g/mol. The van der Waals surface area contributed by atoms with E-state index < -0.39 is 17.3 Å². The lowest BCUT2D eigenvalue weighted by Gasteiger charge is -2.51. The number of aldehydes is 1. The van der Waals surface area contributed by atoms with Gasteiger partial charge in [-0.3, -0.25) is 9.59 Å². The fourth-order valence-corrected chi connectivity index (χ4v) is 6.08. The Morgan fingerprint density at radius 1 is 0.800 bits per heavy atom. The van der Waals surface area contributed by atoms with Crippen molar-refractivity contribution in [1.82, 2.24) is 0 Å². The third kappa shape index (κ3) is 1.80. The number of carbonyl (C=O) groups excluding carboxylic acids is 3. The minimum absolute atomic E-state index is 0.209. The summed E-state index contributed by atoms with van der Waals surface area (Å²) in [7, 11) is 0. The van der Waals surface area contributed by atoms with Crippen LogP contribution in [0, 0.1) is 18.8 Å². The van der Waals surface area contributed by atoms with Gasteiger partial charge in [0.25, 0.3) is 0 Å². The van der Waals surface area contributed by atoms with Crippen molar-refractivity contribution in [3.8, 4) is 0 Å². The molecule has 2 bridgehead atoms. The Hall–Kier alpha value is -3.53. The molecule has 4 heteroatoms. The van der Waals surface area contributed by atoms with Crippen molar-refractivity contribution >= 4 is 23.8 Å². The second kappa shape index (κ2) is 5.76. The van der Waals surface area contributed by atoms with Crippen LogP contribution in [0.5, 0.6) is 0 Å². The minimum Gasteiger partial charge on any atom is -0.302 e. The summed E-state index contributed by atoms with van der Waals surface area (Å²) in [6.45, 7) is 1.89. The number of nitrogens with zero attached hydrogens (tertiary/aromatic N) is 1. The van der Waals surface area contributed by atoms with Gasteiger partial charge in [-0.05, 0) is 40.8 Å². The molecule has 0 radical (unpaired) electrons. The number of carbonyl (C=O) groups is 3. The van der Waals surface area contributed by atoms with Crippen molar-refractivity contribution < 1.29 is 14.4 Å². The third-order valence-electron chi connectivity index (χ3n) is 7.23. The average Bonchev–Trinajstić information content (AvgIpc) is 3.05. The molecule has 3 aromatic carbocycles. The molecular weight excluding hydrogens is 374 g/mol. The van der Waals surface area contributed by atoms with E-state index in [2.05, 4.69) is 0 Å². The van der Waals surface area contributed by atoms with Crippen LogP contribution in [0.15, 0.2) is 72.8 Å². The molecule has 146 valence electrons. The molecule has 1 heterocycles. The summed E-state index contributed by atoms with van der Waals surface area (Å²) in [5.41, 5.74) is 4.01. The lowest BCUT2D eigenvalue weighted by Crippen LogP contribution is -2.54. The van der Waals surface area contributed by atoms with E-state index in [0.29, 0.717) is 5.69 Å². The zero-order valence-electron chi connectivity index (χ0n) is 16.4. The van der Waals surface area contributed by atoms with E-state index in [0.717, 1.165) is 34.1 Å². The highest BCUT2D eigenvalue weighted by atomic mass is 16.2. The van der Waals surface area contributed by atoms with Gasteiger partial charge >= 0.3 is 0 Å². The molecule has 3 aromatic rings. The second-order valence-electron chi connectivity index (χ2n) is 8.44. The van der Waals surface area contributed by atoms with Crippen molar-refractivity contribution in [2.24, 2.45) is 11.8 Å². The molecule has 0 aromatic heterocycles. The van der Waals surface area contributed by atoms with Crippen LogP contribution >= 0.6 is 0 Å². The standard InChI is InChI=1S/C26H19NO3/c1-15-8-2-7-13-20(15)27-24(29)22-21-16-9-3-5-11-18(16)26(14-28,23(22)25(27)30)19-12-6-4-10-17(19)21/h2-14,21-23H,1H3. The summed E-state index contributed by atoms with van der Waals surface area (Å²) in [6, 6.07) is 23.0. The van der Waals surface area contributed by atoms with Crippen LogP contribution in [0.1, 0.15) is 33.7 Å². The Kier molecular flexibility index (Phi) is 3.33. The Labute approximate surface area is 174 Å². The molecule has 2 atom stereocenters. The molecule has 4 aliphatic rings. The first-order chi connectivity index (χ1) is 14.6. The fraction of sp³-hybridized carbons (Fsp3) is 0.192. The summed E-state index contributed by atoms with van der Waals surface area (Å²) < 4.78 is 0. The van der Waals surface area contributed by atoms with Crippen LogP contribution in [0.3, 0.4) is 0 Å². The van der Waals surface area contributed by atoms with Crippen molar-refractivity contribution in [3.63, 3.8) is 0 Å². The van der Waals surface area contributed by atoms with E-state index in [1.807, 2.05) is 73.7 Å². The first-order valence-corrected chi connectivity index (χ1v) is 10.2. The maximum Gasteiger partial charge on any atom is 0.239 e. The predicted molar refractivity (Wildman–Crippen MR) is 112 cm³/mol. The maximum absolute atomic E-state index is 13.8. The van der Waals surface area contributed by atoms with Crippen LogP contribution in [-0.2, 0) is 19.8 Å². The molecule has 2 amide bonds. The van der Waals surface area contributed by atoms with Gasteiger partial charge in [0.05, 0.1) is 22.9 Å². The first kappa shape index (κ1) is 17.3. The zero-order chi connectivity index (χ0) is 20.6. The van der Waals surface area contributed by atoms with Crippen LogP contribution in [0.4, 0.5) is 5.69 Å². The molecule has 0 spiro atoms. The summed E-state index contributed by atoms with van der Waals surface area (Å²) >= 11 is 0. The van der Waals surface area contributed by atoms with Gasteiger partial charge in [0.2, 0.25) is 11.8 Å². The van der Waals surface area contributed by atoms with Crippen LogP contribution in [0.25, 0.3) is 0 Å². The SMILES string of the molecule is Cc1ccccc1N1C(=O)C2C3c4ccccc4C(C=O)(c4ccccc43)C2C1=O. The fourth-order valence-electron chi connectivity index (χ4n) is 6.08. The van der Waals surface area contributed by atoms with Crippen molar-refractivity contribution in [3.05, 3.63) is 101 Å². The number of aryl methyl sites for hydroxylation is 1. The van der Waals surface area contributed by atoms with E-state index in [9.17, 15) is 14.4 Å². The Balaban J connectivity index is 1.67. The van der Waals surface area contributed by atoms with Gasteiger partial charge < -0.3 is 4.79 Å². The van der Waals surface area contributed by atoms with Gasteiger partial charge in [-0.15, -0.1) is 0 Å². The number of anilines is 1. The molecule has 0 saturated carbocycles. The van der Waals surface area contributed by atoms with E-state index in [4.69, 9.17) is 0 Å². The molecule has 30 heavy (non-hydrogen) atoms. The van der Waals surface area contributed by atoms with Crippen molar-refractivity contribution in [2.45, 2.75) is 18.3 Å². The van der Waals surface area contributed by atoms with Crippen molar-refractivity contribution in [2.75, 3.05) is 4.90 Å². The van der Waals surface area contributed by atoms with Gasteiger partial charge in [-0.25, -0.2) is 4.90 Å². The Morgan fingerprint density at radius 3 is 1.97 bits per heavy atom. The van der Waals surface area contributed by atoms with Crippen LogP contribution in [-0.4, -0.2) is 18.1 Å².